The third-order valence-electron chi connectivity index (χ3n) is 3.38. The van der Waals surface area contributed by atoms with Crippen molar-refractivity contribution in [1.29, 1.82) is 0 Å². The molecule has 0 spiro atoms. The number of carboxylic acid groups (broad SMARTS) is 1. The molecular formula is C16H20N2O2. The monoisotopic (exact) mass is 272 g/mol. The molecule has 0 saturated carbocycles. The summed E-state index contributed by atoms with van der Waals surface area (Å²) in [5.74, 6) is -0.766. The van der Waals surface area contributed by atoms with Crippen LogP contribution in [0.4, 0.5) is 5.69 Å². The van der Waals surface area contributed by atoms with Gasteiger partial charge in [-0.05, 0) is 43.5 Å². The van der Waals surface area contributed by atoms with Gasteiger partial charge in [-0.25, -0.2) is 0 Å². The van der Waals surface area contributed by atoms with E-state index >= 15 is 0 Å². The third kappa shape index (κ3) is 2.90. The molecule has 0 atom stereocenters. The maximum absolute atomic E-state index is 10.7. The number of carboxylic acids is 1. The van der Waals surface area contributed by atoms with Crippen molar-refractivity contribution < 1.29 is 9.90 Å². The van der Waals surface area contributed by atoms with Crippen LogP contribution in [0.1, 0.15) is 23.2 Å². The molecule has 20 heavy (non-hydrogen) atoms. The average molecular weight is 272 g/mol. The predicted molar refractivity (Wildman–Crippen MR) is 81.5 cm³/mol. The third-order valence-corrected chi connectivity index (χ3v) is 3.38. The average Bonchev–Trinajstić information content (AvgIpc) is 2.36. The lowest BCUT2D eigenvalue weighted by Gasteiger charge is -2.18. The van der Waals surface area contributed by atoms with E-state index in [9.17, 15) is 4.79 Å². The van der Waals surface area contributed by atoms with Crippen molar-refractivity contribution in [1.82, 2.24) is 4.98 Å². The van der Waals surface area contributed by atoms with Gasteiger partial charge < -0.3 is 10.0 Å². The van der Waals surface area contributed by atoms with Gasteiger partial charge >= 0.3 is 5.97 Å². The number of nitrogens with zero attached hydrogens (tertiary/aromatic N) is 2. The quantitative estimate of drug-likeness (QED) is 0.929. The van der Waals surface area contributed by atoms with Crippen LogP contribution in [-0.4, -0.2) is 30.2 Å². The minimum absolute atomic E-state index is 0.154. The minimum atomic E-state index is -0.766. The maximum Gasteiger partial charge on any atom is 0.303 e. The van der Waals surface area contributed by atoms with Crippen LogP contribution in [-0.2, 0) is 11.2 Å². The van der Waals surface area contributed by atoms with E-state index in [4.69, 9.17) is 5.11 Å². The zero-order valence-corrected chi connectivity index (χ0v) is 12.4. The number of fused-ring (bicyclic) bond motifs is 1. The normalized spacial score (nSPS) is 10.8. The van der Waals surface area contributed by atoms with Gasteiger partial charge in [0.25, 0.3) is 0 Å². The molecule has 2 rings (SSSR count). The summed E-state index contributed by atoms with van der Waals surface area (Å²) in [6.07, 6.45) is 0.703. The molecule has 106 valence electrons. The first-order valence-corrected chi connectivity index (χ1v) is 6.68. The second-order valence-corrected chi connectivity index (χ2v) is 5.38. The Labute approximate surface area is 119 Å². The molecule has 0 radical (unpaired) electrons. The Morgan fingerprint density at radius 2 is 1.95 bits per heavy atom. The van der Waals surface area contributed by atoms with Crippen molar-refractivity contribution in [2.24, 2.45) is 0 Å². The Balaban J connectivity index is 2.59. The van der Waals surface area contributed by atoms with Crippen molar-refractivity contribution in [2.75, 3.05) is 19.0 Å². The molecule has 0 aliphatic heterocycles. The molecule has 0 saturated heterocycles. The fraction of sp³-hybridized carbons (Fsp3) is 0.375. The van der Waals surface area contributed by atoms with Gasteiger partial charge in [-0.3, -0.25) is 9.78 Å². The van der Waals surface area contributed by atoms with E-state index in [1.165, 1.54) is 0 Å². The molecular weight excluding hydrogens is 252 g/mol. The Bertz CT molecular complexity index is 663. The Morgan fingerprint density at radius 3 is 2.55 bits per heavy atom. The smallest absolute Gasteiger partial charge is 0.303 e. The number of hydrogen-bond donors (Lipinski definition) is 1. The fourth-order valence-electron chi connectivity index (χ4n) is 2.45. The molecule has 0 aliphatic rings. The van der Waals surface area contributed by atoms with Gasteiger partial charge in [-0.15, -0.1) is 0 Å². The van der Waals surface area contributed by atoms with Crippen molar-refractivity contribution in [2.45, 2.75) is 26.7 Å². The topological polar surface area (TPSA) is 53.4 Å². The molecule has 1 aromatic carbocycles. The molecule has 1 heterocycles. The van der Waals surface area contributed by atoms with E-state index in [1.807, 2.05) is 34.0 Å². The van der Waals surface area contributed by atoms with Crippen LogP contribution in [0.2, 0.25) is 0 Å². The van der Waals surface area contributed by atoms with Crippen molar-refractivity contribution in [3.63, 3.8) is 0 Å². The fourth-order valence-corrected chi connectivity index (χ4v) is 2.45. The van der Waals surface area contributed by atoms with Crippen LogP contribution in [0.3, 0.4) is 0 Å². The number of anilines is 1. The number of carbonyl (C=O) groups is 1. The molecule has 1 aromatic heterocycles. The zero-order valence-electron chi connectivity index (χ0n) is 12.4. The van der Waals surface area contributed by atoms with E-state index in [1.54, 1.807) is 0 Å². The number of pyridine rings is 1. The highest BCUT2D eigenvalue weighted by Gasteiger charge is 2.10. The van der Waals surface area contributed by atoms with Crippen LogP contribution in [0, 0.1) is 13.8 Å². The lowest BCUT2D eigenvalue weighted by molar-refractivity contribution is -0.136. The van der Waals surface area contributed by atoms with Gasteiger partial charge in [0.05, 0.1) is 5.52 Å². The first kappa shape index (κ1) is 14.3. The summed E-state index contributed by atoms with van der Waals surface area (Å²) in [7, 11) is 4.01. The summed E-state index contributed by atoms with van der Waals surface area (Å²) < 4.78 is 0. The lowest BCUT2D eigenvalue weighted by Crippen LogP contribution is -2.10. The number of aryl methyl sites for hydroxylation is 3. The summed E-state index contributed by atoms with van der Waals surface area (Å²) in [4.78, 5) is 17.4. The van der Waals surface area contributed by atoms with Crippen LogP contribution in [0.25, 0.3) is 10.9 Å². The first-order chi connectivity index (χ1) is 9.38. The van der Waals surface area contributed by atoms with Crippen LogP contribution >= 0.6 is 0 Å². The van der Waals surface area contributed by atoms with E-state index < -0.39 is 5.97 Å². The molecule has 0 aliphatic carbocycles. The van der Waals surface area contributed by atoms with Gasteiger partial charge in [0, 0.05) is 37.3 Å². The minimum Gasteiger partial charge on any atom is -0.481 e. The lowest BCUT2D eigenvalue weighted by atomic mass is 10.0. The Kier molecular flexibility index (Phi) is 3.93. The van der Waals surface area contributed by atoms with Crippen molar-refractivity contribution in [3.8, 4) is 0 Å². The van der Waals surface area contributed by atoms with Gasteiger partial charge in [0.2, 0.25) is 0 Å². The maximum atomic E-state index is 10.7. The largest absolute Gasteiger partial charge is 0.481 e. The van der Waals surface area contributed by atoms with E-state index in [2.05, 4.69) is 22.0 Å². The van der Waals surface area contributed by atoms with Gasteiger partial charge in [0.1, 0.15) is 0 Å². The molecule has 1 N–H and O–H groups in total. The van der Waals surface area contributed by atoms with E-state index in [0.717, 1.165) is 33.4 Å². The highest BCUT2D eigenvalue weighted by molar-refractivity contribution is 5.94. The molecule has 0 fully saturated rings. The Hall–Kier alpha value is -2.10. The van der Waals surface area contributed by atoms with E-state index in [-0.39, 0.29) is 6.42 Å². The van der Waals surface area contributed by atoms with Gasteiger partial charge in [-0.1, -0.05) is 6.07 Å². The summed E-state index contributed by atoms with van der Waals surface area (Å²) in [6.45, 7) is 4.02. The summed E-state index contributed by atoms with van der Waals surface area (Å²) in [5, 5.41) is 9.90. The highest BCUT2D eigenvalue weighted by Crippen LogP contribution is 2.29. The zero-order chi connectivity index (χ0) is 14.9. The SMILES string of the molecule is Cc1cc(N(C)C)c2cc(CCC(=O)O)cc(C)c2n1. The second kappa shape index (κ2) is 5.49. The molecule has 4 heteroatoms. The summed E-state index contributed by atoms with van der Waals surface area (Å²) in [6, 6.07) is 6.16. The highest BCUT2D eigenvalue weighted by atomic mass is 16.4. The first-order valence-electron chi connectivity index (χ1n) is 6.68. The summed E-state index contributed by atoms with van der Waals surface area (Å²) >= 11 is 0. The van der Waals surface area contributed by atoms with Crippen molar-refractivity contribution in [3.05, 3.63) is 35.0 Å². The Morgan fingerprint density at radius 1 is 1.25 bits per heavy atom. The number of hydrogen-bond acceptors (Lipinski definition) is 3. The molecule has 4 nitrogen and oxygen atoms in total. The molecule has 0 amide bonds. The van der Waals surface area contributed by atoms with Crippen LogP contribution in [0.5, 0.6) is 0 Å². The molecule has 2 aromatic rings. The molecule has 0 bridgehead atoms. The molecule has 0 unspecified atom stereocenters. The number of rotatable bonds is 4. The second-order valence-electron chi connectivity index (χ2n) is 5.38. The number of aliphatic carboxylic acids is 1. The van der Waals surface area contributed by atoms with Crippen LogP contribution in [0.15, 0.2) is 18.2 Å². The summed E-state index contributed by atoms with van der Waals surface area (Å²) in [5.41, 5.74) is 5.24. The van der Waals surface area contributed by atoms with Crippen LogP contribution < -0.4 is 4.90 Å². The number of aromatic nitrogens is 1. The standard InChI is InChI=1S/C16H20N2O2/c1-10-7-12(5-6-15(19)20)9-13-14(18(3)4)8-11(2)17-16(10)13/h7-9H,5-6H2,1-4H3,(H,19,20). The predicted octanol–water partition coefficient (Wildman–Crippen LogP) is 2.93. The van der Waals surface area contributed by atoms with E-state index in [0.29, 0.717) is 6.42 Å². The van der Waals surface area contributed by atoms with Crippen molar-refractivity contribution >= 4 is 22.6 Å². The van der Waals surface area contributed by atoms with Gasteiger partial charge in [0.15, 0.2) is 0 Å². The number of benzene rings is 1. The van der Waals surface area contributed by atoms with Gasteiger partial charge in [-0.2, -0.15) is 0 Å².